The van der Waals surface area contributed by atoms with Crippen LogP contribution in [-0.4, -0.2) is 19.1 Å². The fraction of sp³-hybridized carbons (Fsp3) is 0.875. The Labute approximate surface area is 66.9 Å². The number of esters is 1. The molecule has 11 heavy (non-hydrogen) atoms. The maximum atomic E-state index is 11.2. The number of methoxy groups -OCH3 is 1. The van der Waals surface area contributed by atoms with E-state index in [0.717, 1.165) is 19.3 Å². The van der Waals surface area contributed by atoms with Crippen LogP contribution in [0.1, 0.15) is 26.2 Å². The zero-order valence-corrected chi connectivity index (χ0v) is 7.09. The minimum Gasteiger partial charge on any atom is -0.469 e. The number of rotatable bonds is 1. The molecule has 3 nitrogen and oxygen atoms in total. The Bertz CT molecular complexity index is 169. The van der Waals surface area contributed by atoms with Gasteiger partial charge in [-0.3, -0.25) is 4.79 Å². The van der Waals surface area contributed by atoms with Crippen LogP contribution in [0.25, 0.3) is 0 Å². The molecule has 1 unspecified atom stereocenters. The first-order valence-electron chi connectivity index (χ1n) is 3.92. The van der Waals surface area contributed by atoms with E-state index < -0.39 is 0 Å². The third kappa shape index (κ3) is 1.53. The smallest absolute Gasteiger partial charge is 0.311 e. The first-order chi connectivity index (χ1) is 5.08. The van der Waals surface area contributed by atoms with Crippen molar-refractivity contribution < 1.29 is 9.53 Å². The SMILES string of the molecule is COC(=O)C1(C)CC[C@H](N)C1. The van der Waals surface area contributed by atoms with Crippen molar-refractivity contribution in [2.45, 2.75) is 32.2 Å². The Morgan fingerprint density at radius 1 is 1.73 bits per heavy atom. The first-order valence-corrected chi connectivity index (χ1v) is 3.92. The third-order valence-corrected chi connectivity index (χ3v) is 2.46. The molecule has 3 heteroatoms. The van der Waals surface area contributed by atoms with E-state index in [1.165, 1.54) is 7.11 Å². The van der Waals surface area contributed by atoms with Crippen molar-refractivity contribution in [1.29, 1.82) is 0 Å². The summed E-state index contributed by atoms with van der Waals surface area (Å²) in [5.41, 5.74) is 5.38. The quantitative estimate of drug-likeness (QED) is 0.569. The molecule has 2 N–H and O–H groups in total. The average molecular weight is 157 g/mol. The highest BCUT2D eigenvalue weighted by Crippen LogP contribution is 2.37. The van der Waals surface area contributed by atoms with E-state index >= 15 is 0 Å². The molecule has 2 atom stereocenters. The predicted octanol–water partition coefficient (Wildman–Crippen LogP) is 0.677. The minimum atomic E-state index is -0.311. The summed E-state index contributed by atoms with van der Waals surface area (Å²) in [7, 11) is 1.43. The largest absolute Gasteiger partial charge is 0.469 e. The number of carbonyl (C=O) groups excluding carboxylic acids is 1. The van der Waals surface area contributed by atoms with Crippen LogP contribution in [0.3, 0.4) is 0 Å². The summed E-state index contributed by atoms with van der Waals surface area (Å²) >= 11 is 0. The van der Waals surface area contributed by atoms with Gasteiger partial charge in [0.05, 0.1) is 12.5 Å². The Morgan fingerprint density at radius 3 is 2.73 bits per heavy atom. The molecule has 0 aliphatic heterocycles. The second-order valence-electron chi connectivity index (χ2n) is 3.56. The van der Waals surface area contributed by atoms with Gasteiger partial charge in [-0.15, -0.1) is 0 Å². The second kappa shape index (κ2) is 2.81. The molecule has 0 amide bonds. The van der Waals surface area contributed by atoms with E-state index in [0.29, 0.717) is 0 Å². The van der Waals surface area contributed by atoms with Crippen LogP contribution in [0, 0.1) is 5.41 Å². The summed E-state index contributed by atoms with van der Waals surface area (Å²) in [6.07, 6.45) is 2.56. The molecular formula is C8H15NO2. The molecule has 0 saturated heterocycles. The Morgan fingerprint density at radius 2 is 2.36 bits per heavy atom. The minimum absolute atomic E-state index is 0.120. The first kappa shape index (κ1) is 8.53. The molecule has 1 rings (SSSR count). The lowest BCUT2D eigenvalue weighted by molar-refractivity contribution is -0.151. The van der Waals surface area contributed by atoms with Gasteiger partial charge < -0.3 is 10.5 Å². The van der Waals surface area contributed by atoms with Crippen molar-refractivity contribution >= 4 is 5.97 Å². The summed E-state index contributed by atoms with van der Waals surface area (Å²) in [6, 6.07) is 0.180. The molecule has 0 bridgehead atoms. The van der Waals surface area contributed by atoms with Crippen LogP contribution in [0.5, 0.6) is 0 Å². The molecule has 0 radical (unpaired) electrons. The molecule has 1 aliphatic rings. The van der Waals surface area contributed by atoms with E-state index in [-0.39, 0.29) is 17.4 Å². The molecule has 1 aliphatic carbocycles. The van der Waals surface area contributed by atoms with Crippen molar-refractivity contribution in [2.75, 3.05) is 7.11 Å². The van der Waals surface area contributed by atoms with E-state index in [2.05, 4.69) is 0 Å². The van der Waals surface area contributed by atoms with Gasteiger partial charge in [-0.2, -0.15) is 0 Å². The van der Waals surface area contributed by atoms with Crippen molar-refractivity contribution in [3.8, 4) is 0 Å². The zero-order chi connectivity index (χ0) is 8.48. The Balaban J connectivity index is 2.61. The van der Waals surface area contributed by atoms with Crippen molar-refractivity contribution in [2.24, 2.45) is 11.1 Å². The summed E-state index contributed by atoms with van der Waals surface area (Å²) in [4.78, 5) is 11.2. The van der Waals surface area contributed by atoms with Crippen LogP contribution in [0.4, 0.5) is 0 Å². The van der Waals surface area contributed by atoms with Gasteiger partial charge in [0.15, 0.2) is 0 Å². The lowest BCUT2D eigenvalue weighted by atomic mass is 9.89. The van der Waals surface area contributed by atoms with Crippen LogP contribution in [-0.2, 0) is 9.53 Å². The highest BCUT2D eigenvalue weighted by Gasteiger charge is 2.40. The van der Waals surface area contributed by atoms with Gasteiger partial charge in [0.25, 0.3) is 0 Å². The van der Waals surface area contributed by atoms with E-state index in [4.69, 9.17) is 10.5 Å². The summed E-state index contributed by atoms with van der Waals surface area (Å²) < 4.78 is 4.69. The van der Waals surface area contributed by atoms with Crippen LogP contribution in [0.2, 0.25) is 0 Å². The standard InChI is InChI=1S/C8H15NO2/c1-8(7(10)11-2)4-3-6(9)5-8/h6H,3-5,9H2,1-2H3/t6-,8?/m0/s1. The number of hydrogen-bond donors (Lipinski definition) is 1. The van der Waals surface area contributed by atoms with Gasteiger partial charge >= 0.3 is 5.97 Å². The molecule has 0 aromatic heterocycles. The fourth-order valence-electron chi connectivity index (χ4n) is 1.72. The van der Waals surface area contributed by atoms with E-state index in [1.54, 1.807) is 0 Å². The highest BCUT2D eigenvalue weighted by atomic mass is 16.5. The van der Waals surface area contributed by atoms with Crippen molar-refractivity contribution in [3.63, 3.8) is 0 Å². The number of ether oxygens (including phenoxy) is 1. The topological polar surface area (TPSA) is 52.3 Å². The predicted molar refractivity (Wildman–Crippen MR) is 41.9 cm³/mol. The van der Waals surface area contributed by atoms with Crippen molar-refractivity contribution in [3.05, 3.63) is 0 Å². The molecule has 0 spiro atoms. The fourth-order valence-corrected chi connectivity index (χ4v) is 1.72. The van der Waals surface area contributed by atoms with Crippen LogP contribution >= 0.6 is 0 Å². The lowest BCUT2D eigenvalue weighted by Crippen LogP contribution is -2.28. The van der Waals surface area contributed by atoms with E-state index in [9.17, 15) is 4.79 Å². The number of nitrogens with two attached hydrogens (primary N) is 1. The highest BCUT2D eigenvalue weighted by molar-refractivity contribution is 5.76. The summed E-state index contributed by atoms with van der Waals surface area (Å²) in [5, 5.41) is 0. The average Bonchev–Trinajstić information content (AvgIpc) is 2.31. The van der Waals surface area contributed by atoms with Gasteiger partial charge in [-0.1, -0.05) is 0 Å². The van der Waals surface area contributed by atoms with Gasteiger partial charge in [-0.25, -0.2) is 0 Å². The Kier molecular flexibility index (Phi) is 2.18. The van der Waals surface area contributed by atoms with Gasteiger partial charge in [0.2, 0.25) is 0 Å². The molecule has 0 aromatic rings. The monoisotopic (exact) mass is 157 g/mol. The molecule has 0 aromatic carbocycles. The maximum Gasteiger partial charge on any atom is 0.311 e. The Hall–Kier alpha value is -0.570. The summed E-state index contributed by atoms with van der Waals surface area (Å²) in [5.74, 6) is -0.120. The van der Waals surface area contributed by atoms with Crippen LogP contribution in [0.15, 0.2) is 0 Å². The number of hydrogen-bond acceptors (Lipinski definition) is 3. The maximum absolute atomic E-state index is 11.2. The molecule has 1 saturated carbocycles. The van der Waals surface area contributed by atoms with Gasteiger partial charge in [0.1, 0.15) is 0 Å². The zero-order valence-electron chi connectivity index (χ0n) is 7.09. The molecular weight excluding hydrogens is 142 g/mol. The van der Waals surface area contributed by atoms with E-state index in [1.807, 2.05) is 6.92 Å². The lowest BCUT2D eigenvalue weighted by Gasteiger charge is -2.19. The van der Waals surface area contributed by atoms with Gasteiger partial charge in [0, 0.05) is 6.04 Å². The third-order valence-electron chi connectivity index (χ3n) is 2.46. The van der Waals surface area contributed by atoms with Gasteiger partial charge in [-0.05, 0) is 26.2 Å². The normalized spacial score (nSPS) is 37.2. The summed E-state index contributed by atoms with van der Waals surface area (Å²) in [6.45, 7) is 1.92. The number of carbonyl (C=O) groups is 1. The van der Waals surface area contributed by atoms with Crippen molar-refractivity contribution in [1.82, 2.24) is 0 Å². The molecule has 64 valence electrons. The van der Waals surface area contributed by atoms with Crippen LogP contribution < -0.4 is 5.73 Å². The molecule has 1 fully saturated rings. The second-order valence-corrected chi connectivity index (χ2v) is 3.56. The molecule has 0 heterocycles.